The molecule has 3 aliphatic rings. The second-order valence-corrected chi connectivity index (χ2v) is 9.99. The normalized spacial score (nSPS) is 26.8. The van der Waals surface area contributed by atoms with Gasteiger partial charge < -0.3 is 14.5 Å². The maximum atomic E-state index is 12.6. The number of amides is 1. The van der Waals surface area contributed by atoms with Crippen molar-refractivity contribution in [2.45, 2.75) is 51.2 Å². The summed E-state index contributed by atoms with van der Waals surface area (Å²) in [6, 6.07) is 2.58. The maximum absolute atomic E-state index is 12.6. The van der Waals surface area contributed by atoms with Gasteiger partial charge in [0.2, 0.25) is 0 Å². The molecule has 1 atom stereocenters. The largest absolute Gasteiger partial charge is 0.375 e. The molecule has 0 radical (unpaired) electrons. The predicted octanol–water partition coefficient (Wildman–Crippen LogP) is 3.18. The number of piperidine rings is 1. The topological polar surface area (TPSA) is 36.0 Å². The Hall–Kier alpha value is -0.950. The Balaban J connectivity index is 1.29. The van der Waals surface area contributed by atoms with E-state index in [-0.39, 0.29) is 11.5 Å². The van der Waals surface area contributed by atoms with Crippen LogP contribution in [0.3, 0.4) is 0 Å². The molecule has 1 unspecified atom stereocenters. The van der Waals surface area contributed by atoms with Crippen molar-refractivity contribution in [3.05, 3.63) is 22.4 Å². The minimum atomic E-state index is -0.0105. The van der Waals surface area contributed by atoms with Crippen molar-refractivity contribution >= 4 is 17.2 Å². The highest BCUT2D eigenvalue weighted by Gasteiger charge is 2.43. The molecule has 1 amide bonds. The monoisotopic (exact) mass is 405 g/mol. The van der Waals surface area contributed by atoms with E-state index in [1.54, 1.807) is 11.3 Å². The van der Waals surface area contributed by atoms with Gasteiger partial charge in [-0.15, -0.1) is 0 Å². The minimum Gasteiger partial charge on any atom is -0.375 e. The van der Waals surface area contributed by atoms with Crippen LogP contribution in [0.25, 0.3) is 0 Å². The van der Waals surface area contributed by atoms with Gasteiger partial charge in [0.15, 0.2) is 0 Å². The number of rotatable bonds is 4. The van der Waals surface area contributed by atoms with E-state index in [0.717, 1.165) is 56.9 Å². The Labute approximate surface area is 173 Å². The molecule has 1 spiro atoms. The molecule has 156 valence electrons. The van der Waals surface area contributed by atoms with E-state index in [4.69, 9.17) is 4.74 Å². The lowest BCUT2D eigenvalue weighted by atomic mass is 9.81. The highest BCUT2D eigenvalue weighted by Crippen LogP contribution is 2.37. The zero-order valence-corrected chi connectivity index (χ0v) is 18.3. The van der Waals surface area contributed by atoms with E-state index >= 15 is 0 Å². The van der Waals surface area contributed by atoms with Gasteiger partial charge >= 0.3 is 0 Å². The van der Waals surface area contributed by atoms with E-state index in [1.165, 1.54) is 32.7 Å². The SMILES string of the molecule is CC(C)CN1CCN(C2CCOC3(CCN(C(=O)c4ccsc4)CC3)C2)CC1. The van der Waals surface area contributed by atoms with Crippen molar-refractivity contribution < 1.29 is 9.53 Å². The number of hydrogen-bond acceptors (Lipinski definition) is 5. The van der Waals surface area contributed by atoms with Gasteiger partial charge in [-0.3, -0.25) is 9.69 Å². The number of likely N-dealkylation sites (tertiary alicyclic amines) is 1. The molecule has 0 bridgehead atoms. The van der Waals surface area contributed by atoms with Gasteiger partial charge in [-0.1, -0.05) is 13.8 Å². The minimum absolute atomic E-state index is 0.0105. The molecule has 1 aromatic heterocycles. The van der Waals surface area contributed by atoms with Crippen LogP contribution >= 0.6 is 11.3 Å². The average molecular weight is 406 g/mol. The summed E-state index contributed by atoms with van der Waals surface area (Å²) in [5.41, 5.74) is 0.825. The van der Waals surface area contributed by atoms with Crippen LogP contribution in [0.1, 0.15) is 49.9 Å². The summed E-state index contributed by atoms with van der Waals surface area (Å²) in [6.45, 7) is 13.1. The van der Waals surface area contributed by atoms with Crippen LogP contribution in [0.5, 0.6) is 0 Å². The average Bonchev–Trinajstić information content (AvgIpc) is 3.23. The highest BCUT2D eigenvalue weighted by atomic mass is 32.1. The summed E-state index contributed by atoms with van der Waals surface area (Å²) in [5, 5.41) is 3.94. The molecule has 4 rings (SSSR count). The van der Waals surface area contributed by atoms with Crippen LogP contribution in [-0.4, -0.2) is 84.7 Å². The standard InChI is InChI=1S/C22H35N3O2S/c1-18(2)16-23-9-11-24(12-10-23)20-3-13-27-22(15-20)5-7-25(8-6-22)21(26)19-4-14-28-17-19/h4,14,17-18,20H,3,5-13,15-16H2,1-2H3. The first kappa shape index (κ1) is 20.3. The number of carbonyl (C=O) groups excluding carboxylic acids is 1. The lowest BCUT2D eigenvalue weighted by Gasteiger charge is -2.49. The zero-order valence-electron chi connectivity index (χ0n) is 17.4. The van der Waals surface area contributed by atoms with Crippen LogP contribution in [0.15, 0.2) is 16.8 Å². The third kappa shape index (κ3) is 4.61. The van der Waals surface area contributed by atoms with Crippen LogP contribution in [0.4, 0.5) is 0 Å². The van der Waals surface area contributed by atoms with Crippen molar-refractivity contribution in [3.63, 3.8) is 0 Å². The Morgan fingerprint density at radius 1 is 1.21 bits per heavy atom. The fraction of sp³-hybridized carbons (Fsp3) is 0.773. The van der Waals surface area contributed by atoms with Crippen LogP contribution < -0.4 is 0 Å². The van der Waals surface area contributed by atoms with Crippen LogP contribution in [-0.2, 0) is 4.74 Å². The van der Waals surface area contributed by atoms with Crippen LogP contribution in [0.2, 0.25) is 0 Å². The lowest BCUT2D eigenvalue weighted by molar-refractivity contribution is -0.132. The van der Waals surface area contributed by atoms with Gasteiger partial charge in [0.05, 0.1) is 11.2 Å². The Morgan fingerprint density at radius 3 is 2.61 bits per heavy atom. The molecule has 28 heavy (non-hydrogen) atoms. The quantitative estimate of drug-likeness (QED) is 0.771. The molecule has 0 saturated carbocycles. The van der Waals surface area contributed by atoms with E-state index in [2.05, 4.69) is 23.6 Å². The van der Waals surface area contributed by atoms with Gasteiger partial charge in [-0.05, 0) is 43.0 Å². The van der Waals surface area contributed by atoms with Gasteiger partial charge in [0.25, 0.3) is 5.91 Å². The van der Waals surface area contributed by atoms with Crippen molar-refractivity contribution in [1.29, 1.82) is 0 Å². The van der Waals surface area contributed by atoms with Gasteiger partial charge in [-0.2, -0.15) is 11.3 Å². The summed E-state index contributed by atoms with van der Waals surface area (Å²) in [5.74, 6) is 0.935. The number of nitrogens with zero attached hydrogens (tertiary/aromatic N) is 3. The number of carbonyl (C=O) groups is 1. The number of thiophene rings is 1. The van der Waals surface area contributed by atoms with Crippen LogP contribution in [0, 0.1) is 5.92 Å². The third-order valence-corrected chi connectivity index (χ3v) is 7.43. The van der Waals surface area contributed by atoms with E-state index in [1.807, 2.05) is 21.7 Å². The zero-order chi connectivity index (χ0) is 19.6. The predicted molar refractivity (Wildman–Crippen MR) is 114 cm³/mol. The molecule has 3 aliphatic heterocycles. The van der Waals surface area contributed by atoms with Crippen molar-refractivity contribution in [1.82, 2.24) is 14.7 Å². The first-order valence-corrected chi connectivity index (χ1v) is 11.9. The molecule has 3 saturated heterocycles. The first-order valence-electron chi connectivity index (χ1n) is 11.0. The molecular formula is C22H35N3O2S. The van der Waals surface area contributed by atoms with Crippen molar-refractivity contribution in [2.24, 2.45) is 5.92 Å². The molecule has 3 fully saturated rings. The number of ether oxygens (including phenoxy) is 1. The Bertz CT molecular complexity index is 632. The molecule has 0 aliphatic carbocycles. The molecule has 0 aromatic carbocycles. The summed E-state index contributed by atoms with van der Waals surface area (Å²) in [6.07, 6.45) is 4.25. The van der Waals surface area contributed by atoms with Crippen molar-refractivity contribution in [3.8, 4) is 0 Å². The lowest BCUT2D eigenvalue weighted by Crippen LogP contribution is -2.57. The summed E-state index contributed by atoms with van der Waals surface area (Å²) >= 11 is 1.59. The number of hydrogen-bond donors (Lipinski definition) is 0. The smallest absolute Gasteiger partial charge is 0.254 e. The van der Waals surface area contributed by atoms with E-state index in [0.29, 0.717) is 6.04 Å². The second-order valence-electron chi connectivity index (χ2n) is 9.21. The Morgan fingerprint density at radius 2 is 1.96 bits per heavy atom. The molecule has 6 heteroatoms. The van der Waals surface area contributed by atoms with Gasteiger partial charge in [0.1, 0.15) is 0 Å². The molecule has 5 nitrogen and oxygen atoms in total. The fourth-order valence-corrected chi connectivity index (χ4v) is 5.81. The first-order chi connectivity index (χ1) is 13.5. The number of piperazine rings is 1. The van der Waals surface area contributed by atoms with E-state index < -0.39 is 0 Å². The van der Waals surface area contributed by atoms with Gasteiger partial charge in [-0.25, -0.2) is 0 Å². The summed E-state index contributed by atoms with van der Waals surface area (Å²) in [4.78, 5) is 20.0. The fourth-order valence-electron chi connectivity index (χ4n) is 5.18. The summed E-state index contributed by atoms with van der Waals surface area (Å²) in [7, 11) is 0. The molecule has 1 aromatic rings. The van der Waals surface area contributed by atoms with Gasteiger partial charge in [0, 0.05) is 63.8 Å². The highest BCUT2D eigenvalue weighted by molar-refractivity contribution is 7.08. The molecular weight excluding hydrogens is 370 g/mol. The second kappa shape index (κ2) is 8.82. The third-order valence-electron chi connectivity index (χ3n) is 6.74. The summed E-state index contributed by atoms with van der Waals surface area (Å²) < 4.78 is 6.35. The Kier molecular flexibility index (Phi) is 6.40. The van der Waals surface area contributed by atoms with Crippen molar-refractivity contribution in [2.75, 3.05) is 52.4 Å². The molecule has 0 N–H and O–H groups in total. The van der Waals surface area contributed by atoms with E-state index in [9.17, 15) is 4.79 Å². The maximum Gasteiger partial charge on any atom is 0.254 e. The molecule has 4 heterocycles.